The molecule has 0 radical (unpaired) electrons. The topological polar surface area (TPSA) is 38.9 Å². The van der Waals surface area contributed by atoms with E-state index in [2.05, 4.69) is 20.9 Å². The normalized spacial score (nSPS) is 9.80. The van der Waals surface area contributed by atoms with Gasteiger partial charge >= 0.3 is 0 Å². The monoisotopic (exact) mass is 220 g/mol. The number of hydrogen-bond acceptors (Lipinski definition) is 2. The van der Waals surface area contributed by atoms with Crippen molar-refractivity contribution in [2.75, 3.05) is 5.73 Å². The summed E-state index contributed by atoms with van der Waals surface area (Å²) in [5, 5.41) is 1.27. The van der Waals surface area contributed by atoms with Crippen molar-refractivity contribution < 1.29 is 0 Å². The first-order valence-electron chi connectivity index (χ1n) is 2.70. The molecule has 10 heavy (non-hydrogen) atoms. The Morgan fingerprint density at radius 3 is 2.90 bits per heavy atom. The van der Waals surface area contributed by atoms with E-state index < -0.39 is 0 Å². The average molecular weight is 221 g/mol. The molecule has 0 unspecified atom stereocenters. The van der Waals surface area contributed by atoms with Gasteiger partial charge in [0.1, 0.15) is 0 Å². The summed E-state index contributed by atoms with van der Waals surface area (Å²) in [6.45, 7) is 0. The maximum absolute atomic E-state index is 5.76. The standard InChI is InChI=1S/C6H6BrClN2/c7-2-6-5(8)1-4(9)3-10-6/h1,3H,2,9H2. The molecular formula is C6H6BrClN2. The third-order valence-electron chi connectivity index (χ3n) is 1.07. The number of alkyl halides is 1. The molecule has 0 amide bonds. The Labute approximate surface area is 72.5 Å². The quantitative estimate of drug-likeness (QED) is 0.739. The number of hydrogen-bond donors (Lipinski definition) is 1. The van der Waals surface area contributed by atoms with Crippen molar-refractivity contribution in [3.05, 3.63) is 23.0 Å². The Kier molecular flexibility index (Phi) is 2.51. The predicted octanol–water partition coefficient (Wildman–Crippen LogP) is 2.21. The lowest BCUT2D eigenvalue weighted by Gasteiger charge is -1.98. The van der Waals surface area contributed by atoms with Gasteiger partial charge in [-0.2, -0.15) is 0 Å². The first-order valence-corrected chi connectivity index (χ1v) is 4.20. The average Bonchev–Trinajstić information content (AvgIpc) is 1.88. The minimum absolute atomic E-state index is 0.592. The van der Waals surface area contributed by atoms with Crippen molar-refractivity contribution in [1.29, 1.82) is 0 Å². The highest BCUT2D eigenvalue weighted by molar-refractivity contribution is 9.08. The molecule has 0 bridgehead atoms. The van der Waals surface area contributed by atoms with Gasteiger partial charge in [0.05, 0.1) is 22.6 Å². The molecule has 0 spiro atoms. The number of nitrogen functional groups attached to an aromatic ring is 1. The molecule has 1 rings (SSSR count). The Balaban J connectivity index is 3.07. The molecule has 0 aliphatic carbocycles. The summed E-state index contributed by atoms with van der Waals surface area (Å²) in [7, 11) is 0. The third kappa shape index (κ3) is 1.61. The zero-order valence-electron chi connectivity index (χ0n) is 5.14. The van der Waals surface area contributed by atoms with Gasteiger partial charge in [-0.3, -0.25) is 4.98 Å². The molecule has 1 aromatic heterocycles. The second-order valence-electron chi connectivity index (χ2n) is 1.83. The van der Waals surface area contributed by atoms with E-state index in [1.54, 1.807) is 12.3 Å². The Hall–Kier alpha value is -0.280. The summed E-state index contributed by atoms with van der Waals surface area (Å²) in [5.74, 6) is 0. The fourth-order valence-corrected chi connectivity index (χ4v) is 1.43. The summed E-state index contributed by atoms with van der Waals surface area (Å²) in [6, 6.07) is 1.69. The van der Waals surface area contributed by atoms with Crippen LogP contribution in [0.1, 0.15) is 5.69 Å². The van der Waals surface area contributed by atoms with Crippen molar-refractivity contribution in [2.24, 2.45) is 0 Å². The molecule has 0 aromatic carbocycles. The van der Waals surface area contributed by atoms with Gasteiger partial charge in [-0.25, -0.2) is 0 Å². The summed E-state index contributed by atoms with van der Waals surface area (Å²) in [4.78, 5) is 3.99. The zero-order valence-corrected chi connectivity index (χ0v) is 7.48. The number of nitrogens with two attached hydrogens (primary N) is 1. The van der Waals surface area contributed by atoms with Crippen molar-refractivity contribution in [2.45, 2.75) is 5.33 Å². The highest BCUT2D eigenvalue weighted by Crippen LogP contribution is 2.17. The lowest BCUT2D eigenvalue weighted by Crippen LogP contribution is -1.90. The number of pyridine rings is 1. The minimum Gasteiger partial charge on any atom is -0.397 e. The van der Waals surface area contributed by atoms with Gasteiger partial charge in [-0.1, -0.05) is 27.5 Å². The van der Waals surface area contributed by atoms with E-state index >= 15 is 0 Å². The van der Waals surface area contributed by atoms with Crippen LogP contribution in [-0.4, -0.2) is 4.98 Å². The second-order valence-corrected chi connectivity index (χ2v) is 2.80. The zero-order chi connectivity index (χ0) is 7.56. The van der Waals surface area contributed by atoms with Crippen LogP contribution in [0.2, 0.25) is 5.02 Å². The van der Waals surface area contributed by atoms with Crippen LogP contribution in [-0.2, 0) is 5.33 Å². The minimum atomic E-state index is 0.592. The van der Waals surface area contributed by atoms with Gasteiger partial charge in [0, 0.05) is 5.33 Å². The maximum atomic E-state index is 5.76. The molecule has 0 saturated carbocycles. The Bertz CT molecular complexity index is 239. The van der Waals surface area contributed by atoms with Crippen molar-refractivity contribution in [3.8, 4) is 0 Å². The van der Waals surface area contributed by atoms with Gasteiger partial charge in [-0.05, 0) is 6.07 Å². The van der Waals surface area contributed by atoms with Crippen LogP contribution in [0.15, 0.2) is 12.3 Å². The summed E-state index contributed by atoms with van der Waals surface area (Å²) >= 11 is 9.00. The second kappa shape index (κ2) is 3.21. The maximum Gasteiger partial charge on any atom is 0.0696 e. The van der Waals surface area contributed by atoms with E-state index in [4.69, 9.17) is 17.3 Å². The molecule has 54 valence electrons. The Morgan fingerprint density at radius 1 is 1.70 bits per heavy atom. The highest BCUT2D eigenvalue weighted by Gasteiger charge is 1.98. The van der Waals surface area contributed by atoms with E-state index in [0.29, 0.717) is 16.0 Å². The third-order valence-corrected chi connectivity index (χ3v) is 1.92. The summed E-state index contributed by atoms with van der Waals surface area (Å²) in [5.41, 5.74) is 6.83. The van der Waals surface area contributed by atoms with E-state index in [0.717, 1.165) is 5.69 Å². The number of rotatable bonds is 1. The molecule has 2 N–H and O–H groups in total. The van der Waals surface area contributed by atoms with E-state index in [1.165, 1.54) is 0 Å². The molecule has 0 aliphatic heterocycles. The molecular weight excluding hydrogens is 215 g/mol. The van der Waals surface area contributed by atoms with Crippen LogP contribution in [0.5, 0.6) is 0 Å². The van der Waals surface area contributed by atoms with Crippen molar-refractivity contribution in [1.82, 2.24) is 4.98 Å². The van der Waals surface area contributed by atoms with E-state index in [-0.39, 0.29) is 0 Å². The molecule has 1 aromatic rings. The van der Waals surface area contributed by atoms with Crippen molar-refractivity contribution in [3.63, 3.8) is 0 Å². The van der Waals surface area contributed by atoms with Gasteiger partial charge in [0.15, 0.2) is 0 Å². The van der Waals surface area contributed by atoms with Gasteiger partial charge < -0.3 is 5.73 Å². The van der Waals surface area contributed by atoms with Crippen LogP contribution in [0.25, 0.3) is 0 Å². The summed E-state index contributed by atoms with van der Waals surface area (Å²) in [6.07, 6.45) is 1.59. The van der Waals surface area contributed by atoms with Crippen LogP contribution in [0, 0.1) is 0 Å². The molecule has 2 nitrogen and oxygen atoms in total. The number of nitrogens with zero attached hydrogens (tertiary/aromatic N) is 1. The van der Waals surface area contributed by atoms with Crippen LogP contribution in [0.4, 0.5) is 5.69 Å². The van der Waals surface area contributed by atoms with E-state index in [1.807, 2.05) is 0 Å². The largest absolute Gasteiger partial charge is 0.397 e. The highest BCUT2D eigenvalue weighted by atomic mass is 79.9. The molecule has 0 atom stereocenters. The smallest absolute Gasteiger partial charge is 0.0696 e. The molecule has 0 saturated heterocycles. The van der Waals surface area contributed by atoms with Crippen molar-refractivity contribution >= 4 is 33.2 Å². The van der Waals surface area contributed by atoms with Gasteiger partial charge in [-0.15, -0.1) is 0 Å². The fourth-order valence-electron chi connectivity index (χ4n) is 0.579. The fraction of sp³-hybridized carbons (Fsp3) is 0.167. The SMILES string of the molecule is Nc1cnc(CBr)c(Cl)c1. The Morgan fingerprint density at radius 2 is 2.40 bits per heavy atom. The predicted molar refractivity (Wildman–Crippen MR) is 46.3 cm³/mol. The molecule has 1 heterocycles. The van der Waals surface area contributed by atoms with Crippen LogP contribution < -0.4 is 5.73 Å². The molecule has 0 aliphatic rings. The van der Waals surface area contributed by atoms with Gasteiger partial charge in [0.25, 0.3) is 0 Å². The van der Waals surface area contributed by atoms with Crippen LogP contribution in [0.3, 0.4) is 0 Å². The number of aromatic nitrogens is 1. The van der Waals surface area contributed by atoms with Gasteiger partial charge in [0.2, 0.25) is 0 Å². The number of anilines is 1. The van der Waals surface area contributed by atoms with Crippen LogP contribution >= 0.6 is 27.5 Å². The molecule has 0 fully saturated rings. The lowest BCUT2D eigenvalue weighted by atomic mass is 10.3. The number of halogens is 2. The lowest BCUT2D eigenvalue weighted by molar-refractivity contribution is 1.19. The molecule has 4 heteroatoms. The first kappa shape index (κ1) is 7.82. The first-order chi connectivity index (χ1) is 4.74. The van der Waals surface area contributed by atoms with E-state index in [9.17, 15) is 0 Å². The summed E-state index contributed by atoms with van der Waals surface area (Å²) < 4.78 is 0.